The highest BCUT2D eigenvalue weighted by atomic mass is 35.5. The molecule has 4 N–H and O–H groups in total. The van der Waals surface area contributed by atoms with Gasteiger partial charge in [-0.3, -0.25) is 5.01 Å². The summed E-state index contributed by atoms with van der Waals surface area (Å²) in [5.74, 6) is 6.27. The highest BCUT2D eigenvalue weighted by Crippen LogP contribution is 2.29. The summed E-state index contributed by atoms with van der Waals surface area (Å²) in [7, 11) is 1.44. The van der Waals surface area contributed by atoms with Crippen LogP contribution in [0.4, 0.5) is 10.5 Å². The van der Waals surface area contributed by atoms with Crippen molar-refractivity contribution in [2.24, 2.45) is 5.84 Å². The number of hydrogen-bond donors (Lipinski definition) is 3. The first-order valence-electron chi connectivity index (χ1n) is 7.43. The molecule has 0 unspecified atom stereocenters. The van der Waals surface area contributed by atoms with Crippen LogP contribution in [0.1, 0.15) is 18.1 Å². The normalized spacial score (nSPS) is 10.3. The number of carbonyl (C=O) groups excluding carboxylic acids is 1. The predicted octanol–water partition coefficient (Wildman–Crippen LogP) is 3.52. The quantitative estimate of drug-likeness (QED) is 0.438. The summed E-state index contributed by atoms with van der Waals surface area (Å²) in [6.07, 6.45) is 0.716. The molecule has 6 nitrogen and oxygen atoms in total. The molecule has 7 heteroatoms. The van der Waals surface area contributed by atoms with E-state index in [1.54, 1.807) is 36.4 Å². The molecule has 0 radical (unpaired) electrons. The number of ether oxygens (including phenoxy) is 1. The zero-order chi connectivity index (χ0) is 17.7. The van der Waals surface area contributed by atoms with E-state index >= 15 is 0 Å². The van der Waals surface area contributed by atoms with Gasteiger partial charge in [0.15, 0.2) is 0 Å². The summed E-state index contributed by atoms with van der Waals surface area (Å²) < 4.78 is 5.84. The van der Waals surface area contributed by atoms with Gasteiger partial charge in [-0.25, -0.2) is 10.6 Å². The lowest BCUT2D eigenvalue weighted by Crippen LogP contribution is -2.37. The van der Waals surface area contributed by atoms with Gasteiger partial charge < -0.3 is 15.2 Å². The molecule has 0 spiro atoms. The van der Waals surface area contributed by atoms with Crippen LogP contribution in [0.5, 0.6) is 11.5 Å². The minimum Gasteiger partial charge on any atom is -0.508 e. The topological polar surface area (TPSA) is 87.8 Å². The lowest BCUT2D eigenvalue weighted by atomic mass is 10.1. The second-order valence-electron chi connectivity index (χ2n) is 5.24. The first kappa shape index (κ1) is 17.9. The maximum Gasteiger partial charge on any atom is 0.335 e. The highest BCUT2D eigenvalue weighted by Gasteiger charge is 2.13. The van der Waals surface area contributed by atoms with E-state index < -0.39 is 6.03 Å². The number of aromatic hydroxyl groups is 1. The van der Waals surface area contributed by atoms with Crippen molar-refractivity contribution in [2.75, 3.05) is 12.4 Å². The van der Waals surface area contributed by atoms with Gasteiger partial charge in [0.25, 0.3) is 0 Å². The third kappa shape index (κ3) is 4.31. The number of halogens is 1. The summed E-state index contributed by atoms with van der Waals surface area (Å²) in [5, 5.41) is 13.7. The molecule has 0 aliphatic heterocycles. The number of anilines is 1. The number of benzene rings is 2. The largest absolute Gasteiger partial charge is 0.508 e. The summed E-state index contributed by atoms with van der Waals surface area (Å²) >= 11 is 6.24. The fraction of sp³-hybridized carbons (Fsp3) is 0.235. The van der Waals surface area contributed by atoms with Crippen LogP contribution < -0.4 is 15.9 Å². The van der Waals surface area contributed by atoms with Gasteiger partial charge in [0.05, 0.1) is 5.69 Å². The van der Waals surface area contributed by atoms with Crippen molar-refractivity contribution in [2.45, 2.75) is 20.0 Å². The van der Waals surface area contributed by atoms with Crippen molar-refractivity contribution in [1.82, 2.24) is 5.01 Å². The predicted molar refractivity (Wildman–Crippen MR) is 94.2 cm³/mol. The van der Waals surface area contributed by atoms with Crippen molar-refractivity contribution in [3.63, 3.8) is 0 Å². The second kappa shape index (κ2) is 7.90. The average Bonchev–Trinajstić information content (AvgIpc) is 2.55. The van der Waals surface area contributed by atoms with Crippen LogP contribution in [-0.2, 0) is 13.0 Å². The first-order valence-corrected chi connectivity index (χ1v) is 7.81. The van der Waals surface area contributed by atoms with Crippen molar-refractivity contribution in [3.05, 3.63) is 52.5 Å². The zero-order valence-corrected chi connectivity index (χ0v) is 14.3. The van der Waals surface area contributed by atoms with Crippen molar-refractivity contribution < 1.29 is 14.6 Å². The lowest BCUT2D eigenvalue weighted by molar-refractivity contribution is 0.223. The van der Waals surface area contributed by atoms with Crippen molar-refractivity contribution >= 4 is 23.3 Å². The third-order valence-corrected chi connectivity index (χ3v) is 3.83. The summed E-state index contributed by atoms with van der Waals surface area (Å²) in [5.41, 5.74) is 2.06. The number of nitrogens with one attached hydrogen (secondary N) is 1. The smallest absolute Gasteiger partial charge is 0.335 e. The molecule has 2 rings (SSSR count). The summed E-state index contributed by atoms with van der Waals surface area (Å²) in [6, 6.07) is 9.65. The third-order valence-electron chi connectivity index (χ3n) is 3.48. The van der Waals surface area contributed by atoms with Gasteiger partial charge in [-0.1, -0.05) is 24.6 Å². The van der Waals surface area contributed by atoms with Crippen LogP contribution in [0.15, 0.2) is 36.4 Å². The zero-order valence-electron chi connectivity index (χ0n) is 13.5. The summed E-state index contributed by atoms with van der Waals surface area (Å²) in [6.45, 7) is 2.14. The highest BCUT2D eigenvalue weighted by molar-refractivity contribution is 6.31. The van der Waals surface area contributed by atoms with Crippen LogP contribution in [0.25, 0.3) is 0 Å². The number of hydrogen-bond acceptors (Lipinski definition) is 4. The number of urea groups is 1. The number of phenolic OH excluding ortho intramolecular Hbond substituents is 1. The molecule has 0 saturated heterocycles. The SMILES string of the molecule is CCc1cc(O)ccc1OCc1c(Cl)cccc1NC(=O)N(C)N. The molecule has 0 aliphatic carbocycles. The number of phenols is 1. The maximum atomic E-state index is 11.8. The Hall–Kier alpha value is -2.44. The standard InChI is InChI=1S/C17H20ClN3O3/c1-3-11-9-12(22)7-8-16(11)24-10-13-14(18)5-4-6-15(13)20-17(23)21(2)19/h4-9,22H,3,10,19H2,1-2H3,(H,20,23). The fourth-order valence-electron chi connectivity index (χ4n) is 2.16. The Morgan fingerprint density at radius 1 is 1.38 bits per heavy atom. The van der Waals surface area contributed by atoms with E-state index in [4.69, 9.17) is 22.2 Å². The van der Waals surface area contributed by atoms with Crippen molar-refractivity contribution in [3.8, 4) is 11.5 Å². The Bertz CT molecular complexity index is 735. The molecule has 0 heterocycles. The minimum absolute atomic E-state index is 0.168. The van der Waals surface area contributed by atoms with Crippen LogP contribution in [-0.4, -0.2) is 23.2 Å². The lowest BCUT2D eigenvalue weighted by Gasteiger charge is -2.17. The van der Waals surface area contributed by atoms with E-state index in [0.29, 0.717) is 28.4 Å². The van der Waals surface area contributed by atoms with Gasteiger partial charge >= 0.3 is 6.03 Å². The van der Waals surface area contributed by atoms with Crippen LogP contribution >= 0.6 is 11.6 Å². The molecule has 24 heavy (non-hydrogen) atoms. The van der Waals surface area contributed by atoms with Crippen molar-refractivity contribution in [1.29, 1.82) is 0 Å². The Morgan fingerprint density at radius 3 is 2.79 bits per heavy atom. The molecule has 0 atom stereocenters. The van der Waals surface area contributed by atoms with Gasteiger partial charge in [-0.05, 0) is 42.3 Å². The Morgan fingerprint density at radius 2 is 2.12 bits per heavy atom. The average molecular weight is 350 g/mol. The van der Waals surface area contributed by atoms with Crippen LogP contribution in [0, 0.1) is 0 Å². The molecule has 0 fully saturated rings. The van der Waals surface area contributed by atoms with E-state index in [2.05, 4.69) is 5.32 Å². The minimum atomic E-state index is -0.461. The monoisotopic (exact) mass is 349 g/mol. The van der Waals surface area contributed by atoms with Crippen LogP contribution in [0.3, 0.4) is 0 Å². The molecule has 0 saturated carbocycles. The van der Waals surface area contributed by atoms with Gasteiger partial charge in [0.1, 0.15) is 18.1 Å². The number of amides is 2. The molecule has 0 aliphatic rings. The van der Waals surface area contributed by atoms with Gasteiger partial charge in [-0.2, -0.15) is 0 Å². The number of nitrogens with two attached hydrogens (primary N) is 1. The molecule has 2 aromatic carbocycles. The van der Waals surface area contributed by atoms with E-state index in [9.17, 15) is 9.90 Å². The van der Waals surface area contributed by atoms with E-state index in [1.807, 2.05) is 6.92 Å². The number of hydrazine groups is 1. The second-order valence-corrected chi connectivity index (χ2v) is 5.65. The van der Waals surface area contributed by atoms with Crippen LogP contribution in [0.2, 0.25) is 5.02 Å². The fourth-order valence-corrected chi connectivity index (χ4v) is 2.39. The molecule has 0 aromatic heterocycles. The van der Waals surface area contributed by atoms with E-state index in [-0.39, 0.29) is 12.4 Å². The molecule has 2 amide bonds. The number of carbonyl (C=O) groups is 1. The molecule has 2 aromatic rings. The van der Waals surface area contributed by atoms with Gasteiger partial charge in [-0.15, -0.1) is 0 Å². The number of nitrogens with zero attached hydrogens (tertiary/aromatic N) is 1. The van der Waals surface area contributed by atoms with E-state index in [1.165, 1.54) is 7.05 Å². The molecular weight excluding hydrogens is 330 g/mol. The Balaban J connectivity index is 2.22. The maximum absolute atomic E-state index is 11.8. The van der Waals surface area contributed by atoms with E-state index in [0.717, 1.165) is 10.6 Å². The Kier molecular flexibility index (Phi) is 5.89. The summed E-state index contributed by atoms with van der Waals surface area (Å²) in [4.78, 5) is 11.8. The first-order chi connectivity index (χ1) is 11.4. The number of aryl methyl sites for hydroxylation is 1. The number of rotatable bonds is 5. The molecule has 128 valence electrons. The Labute approximate surface area is 145 Å². The van der Waals surface area contributed by atoms with Gasteiger partial charge in [0.2, 0.25) is 0 Å². The van der Waals surface area contributed by atoms with Gasteiger partial charge in [0, 0.05) is 17.6 Å². The molecular formula is C17H20ClN3O3. The molecule has 0 bridgehead atoms.